The van der Waals surface area contributed by atoms with Crippen molar-refractivity contribution in [2.45, 2.75) is 0 Å². The zero-order valence-corrected chi connectivity index (χ0v) is 11.3. The van der Waals surface area contributed by atoms with Crippen molar-refractivity contribution in [3.05, 3.63) is 68.7 Å². The third kappa shape index (κ3) is 3.35. The highest BCUT2D eigenvalue weighted by Gasteiger charge is 2.17. The van der Waals surface area contributed by atoms with Gasteiger partial charge < -0.3 is 5.32 Å². The summed E-state index contributed by atoms with van der Waals surface area (Å²) >= 11 is 5.70. The van der Waals surface area contributed by atoms with Gasteiger partial charge in [0.1, 0.15) is 5.69 Å². The van der Waals surface area contributed by atoms with Crippen LogP contribution in [0.5, 0.6) is 0 Å². The van der Waals surface area contributed by atoms with E-state index in [9.17, 15) is 14.9 Å². The van der Waals surface area contributed by atoms with Crippen molar-refractivity contribution in [3.63, 3.8) is 0 Å². The van der Waals surface area contributed by atoms with E-state index in [-0.39, 0.29) is 22.0 Å². The predicted octanol–water partition coefficient (Wildman–Crippen LogP) is 3.37. The minimum absolute atomic E-state index is 0.0387. The van der Waals surface area contributed by atoms with Gasteiger partial charge in [-0.3, -0.25) is 14.9 Å². The summed E-state index contributed by atoms with van der Waals surface area (Å²) in [5, 5.41) is 22.4. The Kier molecular flexibility index (Phi) is 4.16. The second-order valence-corrected chi connectivity index (χ2v) is 4.50. The molecular formula is C14H8ClN3O3. The number of nitro groups is 1. The Morgan fingerprint density at radius 3 is 2.71 bits per heavy atom. The van der Waals surface area contributed by atoms with Crippen LogP contribution in [0.3, 0.4) is 0 Å². The van der Waals surface area contributed by atoms with Crippen molar-refractivity contribution in [1.82, 2.24) is 0 Å². The van der Waals surface area contributed by atoms with Crippen LogP contribution in [-0.4, -0.2) is 10.8 Å². The first-order valence-corrected chi connectivity index (χ1v) is 6.14. The molecule has 1 amide bonds. The molecule has 104 valence electrons. The summed E-state index contributed by atoms with van der Waals surface area (Å²) in [5.41, 5.74) is 0.301. The summed E-state index contributed by atoms with van der Waals surface area (Å²) in [7, 11) is 0. The highest BCUT2D eigenvalue weighted by atomic mass is 35.5. The minimum atomic E-state index is -0.632. The number of amides is 1. The van der Waals surface area contributed by atoms with Crippen molar-refractivity contribution in [2.24, 2.45) is 0 Å². The van der Waals surface area contributed by atoms with E-state index < -0.39 is 10.8 Å². The summed E-state index contributed by atoms with van der Waals surface area (Å²) < 4.78 is 0. The number of hydrogen-bond acceptors (Lipinski definition) is 4. The smallest absolute Gasteiger partial charge is 0.294 e. The Labute approximate surface area is 124 Å². The number of nitrogens with zero attached hydrogens (tertiary/aromatic N) is 2. The quantitative estimate of drug-likeness (QED) is 0.694. The predicted molar refractivity (Wildman–Crippen MR) is 77.2 cm³/mol. The lowest BCUT2D eigenvalue weighted by atomic mass is 10.1. The summed E-state index contributed by atoms with van der Waals surface area (Å²) in [4.78, 5) is 22.4. The number of halogens is 1. The standard InChI is InChI=1S/C14H8ClN3O3/c15-11-4-5-12(13(7-11)18(20)21)17-14(19)10-3-1-2-9(6-10)8-16/h1-7H,(H,17,19). The van der Waals surface area contributed by atoms with Crippen molar-refractivity contribution >= 4 is 28.9 Å². The van der Waals surface area contributed by atoms with E-state index in [0.29, 0.717) is 5.56 Å². The molecule has 2 aromatic carbocycles. The molecule has 6 nitrogen and oxygen atoms in total. The van der Waals surface area contributed by atoms with Gasteiger partial charge in [0.15, 0.2) is 0 Å². The fourth-order valence-electron chi connectivity index (χ4n) is 1.69. The SMILES string of the molecule is N#Cc1cccc(C(=O)Nc2ccc(Cl)cc2[N+](=O)[O-])c1. The maximum Gasteiger partial charge on any atom is 0.294 e. The number of rotatable bonds is 3. The molecule has 2 aromatic rings. The van der Waals surface area contributed by atoms with Gasteiger partial charge in [0.05, 0.1) is 16.6 Å². The number of benzene rings is 2. The molecule has 0 aliphatic heterocycles. The molecule has 0 spiro atoms. The number of nitriles is 1. The number of nitro benzene ring substituents is 1. The molecular weight excluding hydrogens is 294 g/mol. The molecule has 21 heavy (non-hydrogen) atoms. The maximum atomic E-state index is 12.1. The van der Waals surface area contributed by atoms with E-state index in [0.717, 1.165) is 6.07 Å². The van der Waals surface area contributed by atoms with Gasteiger partial charge in [-0.05, 0) is 30.3 Å². The Morgan fingerprint density at radius 2 is 2.05 bits per heavy atom. The van der Waals surface area contributed by atoms with Gasteiger partial charge in [-0.15, -0.1) is 0 Å². The van der Waals surface area contributed by atoms with Gasteiger partial charge in [0.2, 0.25) is 0 Å². The van der Waals surface area contributed by atoms with Crippen LogP contribution in [0.25, 0.3) is 0 Å². The fraction of sp³-hybridized carbons (Fsp3) is 0. The number of carbonyl (C=O) groups excluding carboxylic acids is 1. The van der Waals surface area contributed by atoms with Crippen LogP contribution < -0.4 is 5.32 Å². The highest BCUT2D eigenvalue weighted by molar-refractivity contribution is 6.31. The van der Waals surface area contributed by atoms with E-state index in [2.05, 4.69) is 5.32 Å². The second kappa shape index (κ2) is 6.03. The second-order valence-electron chi connectivity index (χ2n) is 4.07. The average Bonchev–Trinajstić information content (AvgIpc) is 2.48. The molecule has 0 saturated carbocycles. The monoisotopic (exact) mass is 301 g/mol. The van der Waals surface area contributed by atoms with E-state index in [4.69, 9.17) is 16.9 Å². The van der Waals surface area contributed by atoms with Gasteiger partial charge in [-0.2, -0.15) is 5.26 Å². The molecule has 0 aromatic heterocycles. The van der Waals surface area contributed by atoms with Crippen molar-refractivity contribution in [2.75, 3.05) is 5.32 Å². The van der Waals surface area contributed by atoms with E-state index in [1.807, 2.05) is 6.07 Å². The number of hydrogen-bond donors (Lipinski definition) is 1. The third-order valence-electron chi connectivity index (χ3n) is 2.66. The minimum Gasteiger partial charge on any atom is -0.316 e. The first kappa shape index (κ1) is 14.5. The molecule has 2 rings (SSSR count). The molecule has 0 radical (unpaired) electrons. The van der Waals surface area contributed by atoms with Crippen molar-refractivity contribution < 1.29 is 9.72 Å². The Morgan fingerprint density at radius 1 is 1.29 bits per heavy atom. The maximum absolute atomic E-state index is 12.1. The van der Waals surface area contributed by atoms with Crippen LogP contribution in [0, 0.1) is 21.4 Å². The first-order valence-electron chi connectivity index (χ1n) is 5.76. The summed E-state index contributed by atoms with van der Waals surface area (Å²) in [5.74, 6) is -0.544. The average molecular weight is 302 g/mol. The lowest BCUT2D eigenvalue weighted by Gasteiger charge is -2.06. The van der Waals surface area contributed by atoms with Crippen molar-refractivity contribution in [3.8, 4) is 6.07 Å². The molecule has 1 N–H and O–H groups in total. The van der Waals surface area contributed by atoms with Crippen molar-refractivity contribution in [1.29, 1.82) is 5.26 Å². The molecule has 0 aliphatic rings. The number of carbonyl (C=O) groups is 1. The van der Waals surface area contributed by atoms with Crippen LogP contribution >= 0.6 is 11.6 Å². The Balaban J connectivity index is 2.32. The summed E-state index contributed by atoms with van der Waals surface area (Å²) in [6.45, 7) is 0. The third-order valence-corrected chi connectivity index (χ3v) is 2.89. The Bertz CT molecular complexity index is 768. The van der Waals surface area contributed by atoms with Gasteiger partial charge in [-0.25, -0.2) is 0 Å². The van der Waals surface area contributed by atoms with E-state index >= 15 is 0 Å². The van der Waals surface area contributed by atoms with Crippen LogP contribution in [0.15, 0.2) is 42.5 Å². The van der Waals surface area contributed by atoms with E-state index in [1.54, 1.807) is 12.1 Å². The van der Waals surface area contributed by atoms with Gasteiger partial charge in [0.25, 0.3) is 11.6 Å². The summed E-state index contributed by atoms with van der Waals surface area (Å²) in [6, 6.07) is 11.9. The highest BCUT2D eigenvalue weighted by Crippen LogP contribution is 2.28. The Hall–Kier alpha value is -2.91. The molecule has 7 heteroatoms. The van der Waals surface area contributed by atoms with Gasteiger partial charge in [-0.1, -0.05) is 17.7 Å². The normalized spacial score (nSPS) is 9.71. The van der Waals surface area contributed by atoms with Crippen LogP contribution in [0.2, 0.25) is 5.02 Å². The molecule has 0 fully saturated rings. The molecule has 0 bridgehead atoms. The largest absolute Gasteiger partial charge is 0.316 e. The molecule has 0 atom stereocenters. The first-order chi connectivity index (χ1) is 10.0. The molecule has 0 unspecified atom stereocenters. The lowest BCUT2D eigenvalue weighted by Crippen LogP contribution is -2.13. The molecule has 0 aliphatic carbocycles. The van der Waals surface area contributed by atoms with Crippen LogP contribution in [-0.2, 0) is 0 Å². The van der Waals surface area contributed by atoms with Crippen LogP contribution in [0.4, 0.5) is 11.4 Å². The lowest BCUT2D eigenvalue weighted by molar-refractivity contribution is -0.383. The topological polar surface area (TPSA) is 96.0 Å². The zero-order chi connectivity index (χ0) is 15.4. The number of anilines is 1. The fourth-order valence-corrected chi connectivity index (χ4v) is 1.85. The zero-order valence-electron chi connectivity index (χ0n) is 10.5. The van der Waals surface area contributed by atoms with Crippen LogP contribution in [0.1, 0.15) is 15.9 Å². The number of nitrogens with one attached hydrogen (secondary N) is 1. The summed E-state index contributed by atoms with van der Waals surface area (Å²) in [6.07, 6.45) is 0. The van der Waals surface area contributed by atoms with Gasteiger partial charge >= 0.3 is 0 Å². The molecule has 0 heterocycles. The molecule has 0 saturated heterocycles. The van der Waals surface area contributed by atoms with E-state index in [1.165, 1.54) is 24.3 Å². The van der Waals surface area contributed by atoms with Gasteiger partial charge in [0, 0.05) is 16.7 Å².